The number of anilines is 1. The van der Waals surface area contributed by atoms with Crippen LogP contribution >= 0.6 is 0 Å². The molecule has 0 aliphatic rings. The van der Waals surface area contributed by atoms with E-state index >= 15 is 0 Å². The summed E-state index contributed by atoms with van der Waals surface area (Å²) in [6.07, 6.45) is 0. The first-order valence-corrected chi connectivity index (χ1v) is 8.18. The molecule has 0 spiro atoms. The minimum Gasteiger partial charge on any atom is -0.347 e. The molecule has 0 radical (unpaired) electrons. The van der Waals surface area contributed by atoms with Crippen LogP contribution in [0, 0.1) is 0 Å². The molecule has 0 aliphatic carbocycles. The van der Waals surface area contributed by atoms with Gasteiger partial charge in [0.1, 0.15) is 5.54 Å². The van der Waals surface area contributed by atoms with E-state index < -0.39 is 5.54 Å². The maximum absolute atomic E-state index is 12.5. The fourth-order valence-electron chi connectivity index (χ4n) is 2.29. The van der Waals surface area contributed by atoms with Crippen LogP contribution in [0.3, 0.4) is 0 Å². The zero-order valence-corrected chi connectivity index (χ0v) is 15.1. The van der Waals surface area contributed by atoms with Crippen molar-refractivity contribution in [2.75, 3.05) is 5.32 Å². The summed E-state index contributed by atoms with van der Waals surface area (Å²) in [4.78, 5) is 24.6. The molecule has 0 heterocycles. The van der Waals surface area contributed by atoms with E-state index in [1.165, 1.54) is 0 Å². The third-order valence-electron chi connectivity index (χ3n) is 3.74. The number of rotatable bonds is 4. The fraction of sp³-hybridized carbons (Fsp3) is 0.300. The third-order valence-corrected chi connectivity index (χ3v) is 3.74. The number of carbonyl (C=O) groups is 2. The predicted octanol–water partition coefficient (Wildman–Crippen LogP) is 3.03. The van der Waals surface area contributed by atoms with Crippen LogP contribution in [-0.2, 0) is 10.3 Å². The maximum atomic E-state index is 12.5. The number of nitrogens with two attached hydrogens (primary N) is 1. The minimum atomic E-state index is -1.15. The summed E-state index contributed by atoms with van der Waals surface area (Å²) < 4.78 is 0. The molecule has 0 saturated heterocycles. The van der Waals surface area contributed by atoms with Gasteiger partial charge in [-0.05, 0) is 57.5 Å². The minimum absolute atomic E-state index is 0.154. The van der Waals surface area contributed by atoms with Gasteiger partial charge in [0.05, 0.1) is 0 Å². The molecule has 2 rings (SSSR count). The van der Waals surface area contributed by atoms with E-state index in [0.717, 1.165) is 5.56 Å². The number of hydrogen-bond acceptors (Lipinski definition) is 3. The van der Waals surface area contributed by atoms with Crippen LogP contribution in [0.2, 0.25) is 0 Å². The van der Waals surface area contributed by atoms with Crippen molar-refractivity contribution in [2.45, 2.75) is 38.8 Å². The van der Waals surface area contributed by atoms with Crippen LogP contribution < -0.4 is 16.4 Å². The Hall–Kier alpha value is -2.66. The predicted molar refractivity (Wildman–Crippen MR) is 100 cm³/mol. The summed E-state index contributed by atoms with van der Waals surface area (Å²) in [5.41, 5.74) is 6.60. The van der Waals surface area contributed by atoms with E-state index in [-0.39, 0.29) is 17.4 Å². The second-order valence-electron chi connectivity index (χ2n) is 7.30. The van der Waals surface area contributed by atoms with Gasteiger partial charge in [0, 0.05) is 16.8 Å². The lowest BCUT2D eigenvalue weighted by Crippen LogP contribution is -2.45. The summed E-state index contributed by atoms with van der Waals surface area (Å²) >= 11 is 0. The van der Waals surface area contributed by atoms with Gasteiger partial charge in [0.2, 0.25) is 5.91 Å². The molecule has 132 valence electrons. The second-order valence-corrected chi connectivity index (χ2v) is 7.30. The molecule has 1 atom stereocenters. The van der Waals surface area contributed by atoms with Gasteiger partial charge in [-0.1, -0.05) is 30.3 Å². The fourth-order valence-corrected chi connectivity index (χ4v) is 2.29. The molecule has 5 heteroatoms. The average molecular weight is 339 g/mol. The zero-order valence-electron chi connectivity index (χ0n) is 15.1. The van der Waals surface area contributed by atoms with Crippen molar-refractivity contribution >= 4 is 17.5 Å². The molecule has 5 nitrogen and oxygen atoms in total. The van der Waals surface area contributed by atoms with E-state index in [1.54, 1.807) is 31.2 Å². The van der Waals surface area contributed by atoms with Crippen molar-refractivity contribution in [3.8, 4) is 0 Å². The van der Waals surface area contributed by atoms with Gasteiger partial charge in [0.25, 0.3) is 5.91 Å². The van der Waals surface area contributed by atoms with Crippen LogP contribution in [0.5, 0.6) is 0 Å². The Morgan fingerprint density at radius 2 is 1.44 bits per heavy atom. The molecule has 2 amide bonds. The first-order chi connectivity index (χ1) is 11.6. The molecule has 0 fully saturated rings. The molecular weight excluding hydrogens is 314 g/mol. The molecule has 0 aliphatic heterocycles. The van der Waals surface area contributed by atoms with E-state index in [0.29, 0.717) is 11.3 Å². The summed E-state index contributed by atoms with van der Waals surface area (Å²) in [5.74, 6) is -0.469. The highest BCUT2D eigenvalue weighted by molar-refractivity contribution is 5.99. The van der Waals surface area contributed by atoms with Gasteiger partial charge in [-0.2, -0.15) is 0 Å². The number of benzene rings is 2. The van der Waals surface area contributed by atoms with E-state index in [1.807, 2.05) is 51.1 Å². The van der Waals surface area contributed by atoms with Crippen LogP contribution in [0.4, 0.5) is 5.69 Å². The maximum Gasteiger partial charge on any atom is 0.251 e. The van der Waals surface area contributed by atoms with Crippen molar-refractivity contribution in [1.82, 2.24) is 5.32 Å². The monoisotopic (exact) mass is 339 g/mol. The number of hydrogen-bond donors (Lipinski definition) is 3. The molecule has 0 saturated carbocycles. The standard InChI is InChI=1S/C20H25N3O2/c1-19(2,3)23-17(24)14-10-12-16(13-11-14)22-18(25)20(4,21)15-8-6-5-7-9-15/h5-13H,21H2,1-4H3,(H,22,25)(H,23,24). The first-order valence-electron chi connectivity index (χ1n) is 8.18. The molecule has 2 aromatic carbocycles. The quantitative estimate of drug-likeness (QED) is 0.800. The van der Waals surface area contributed by atoms with Crippen molar-refractivity contribution in [2.24, 2.45) is 5.73 Å². The Balaban J connectivity index is 2.08. The molecule has 0 aromatic heterocycles. The van der Waals surface area contributed by atoms with Crippen molar-refractivity contribution < 1.29 is 9.59 Å². The Kier molecular flexibility index (Phi) is 5.28. The molecule has 0 bridgehead atoms. The average Bonchev–Trinajstić information content (AvgIpc) is 2.54. The summed E-state index contributed by atoms with van der Waals surface area (Å²) in [7, 11) is 0. The summed E-state index contributed by atoms with van der Waals surface area (Å²) in [5, 5.41) is 5.69. The smallest absolute Gasteiger partial charge is 0.251 e. The van der Waals surface area contributed by atoms with Crippen LogP contribution in [0.1, 0.15) is 43.6 Å². The lowest BCUT2D eigenvalue weighted by atomic mass is 9.92. The summed E-state index contributed by atoms with van der Waals surface area (Å²) in [6, 6.07) is 15.9. The Bertz CT molecular complexity index is 745. The molecule has 25 heavy (non-hydrogen) atoms. The second kappa shape index (κ2) is 7.07. The Morgan fingerprint density at radius 3 is 1.96 bits per heavy atom. The Labute approximate surface area is 148 Å². The zero-order chi connectivity index (χ0) is 18.7. The number of nitrogens with one attached hydrogen (secondary N) is 2. The van der Waals surface area contributed by atoms with Gasteiger partial charge in [-0.25, -0.2) is 0 Å². The highest BCUT2D eigenvalue weighted by Gasteiger charge is 2.30. The van der Waals surface area contributed by atoms with E-state index in [4.69, 9.17) is 5.73 Å². The van der Waals surface area contributed by atoms with Gasteiger partial charge in [0.15, 0.2) is 0 Å². The lowest BCUT2D eigenvalue weighted by molar-refractivity contribution is -0.120. The molecule has 4 N–H and O–H groups in total. The van der Waals surface area contributed by atoms with Gasteiger partial charge in [-0.3, -0.25) is 9.59 Å². The molecule has 2 aromatic rings. The van der Waals surface area contributed by atoms with E-state index in [2.05, 4.69) is 10.6 Å². The summed E-state index contributed by atoms with van der Waals surface area (Å²) in [6.45, 7) is 7.43. The van der Waals surface area contributed by atoms with Crippen LogP contribution in [0.25, 0.3) is 0 Å². The normalized spacial score (nSPS) is 13.6. The van der Waals surface area contributed by atoms with E-state index in [9.17, 15) is 9.59 Å². The Morgan fingerprint density at radius 1 is 0.880 bits per heavy atom. The number of carbonyl (C=O) groups excluding carboxylic acids is 2. The highest BCUT2D eigenvalue weighted by atomic mass is 16.2. The lowest BCUT2D eigenvalue weighted by Gasteiger charge is -2.24. The van der Waals surface area contributed by atoms with Crippen LogP contribution in [-0.4, -0.2) is 17.4 Å². The first kappa shape index (κ1) is 18.7. The molecular formula is C20H25N3O2. The topological polar surface area (TPSA) is 84.2 Å². The molecule has 1 unspecified atom stereocenters. The van der Waals surface area contributed by atoms with Gasteiger partial charge >= 0.3 is 0 Å². The van der Waals surface area contributed by atoms with Crippen LogP contribution in [0.15, 0.2) is 54.6 Å². The highest BCUT2D eigenvalue weighted by Crippen LogP contribution is 2.20. The van der Waals surface area contributed by atoms with Gasteiger partial charge < -0.3 is 16.4 Å². The number of amides is 2. The van der Waals surface area contributed by atoms with Crippen molar-refractivity contribution in [1.29, 1.82) is 0 Å². The third kappa shape index (κ3) is 4.90. The van der Waals surface area contributed by atoms with Crippen molar-refractivity contribution in [3.05, 3.63) is 65.7 Å². The largest absolute Gasteiger partial charge is 0.347 e. The van der Waals surface area contributed by atoms with Crippen molar-refractivity contribution in [3.63, 3.8) is 0 Å². The SMILES string of the molecule is CC(C)(C)NC(=O)c1ccc(NC(=O)C(C)(N)c2ccccc2)cc1. The van der Waals surface area contributed by atoms with Gasteiger partial charge in [-0.15, -0.1) is 0 Å².